The summed E-state index contributed by atoms with van der Waals surface area (Å²) in [5.41, 5.74) is 0.999. The van der Waals surface area contributed by atoms with Gasteiger partial charge in [-0.3, -0.25) is 4.90 Å². The highest BCUT2D eigenvalue weighted by molar-refractivity contribution is 5.15. The van der Waals surface area contributed by atoms with Crippen molar-refractivity contribution < 1.29 is 5.11 Å². The Morgan fingerprint density at radius 1 is 1.25 bits per heavy atom. The zero-order valence-electron chi connectivity index (χ0n) is 10.0. The van der Waals surface area contributed by atoms with Crippen LogP contribution < -0.4 is 0 Å². The molecule has 1 aromatic rings. The highest BCUT2D eigenvalue weighted by Crippen LogP contribution is 2.25. The van der Waals surface area contributed by atoms with E-state index >= 15 is 0 Å². The van der Waals surface area contributed by atoms with Gasteiger partial charge in [0.15, 0.2) is 0 Å². The Labute approximate surface area is 97.9 Å². The molecule has 0 unspecified atom stereocenters. The Kier molecular flexibility index (Phi) is 3.62. The highest BCUT2D eigenvalue weighted by atomic mass is 16.3. The van der Waals surface area contributed by atoms with Gasteiger partial charge >= 0.3 is 0 Å². The molecule has 0 aliphatic carbocycles. The fourth-order valence-electron chi connectivity index (χ4n) is 2.50. The van der Waals surface area contributed by atoms with E-state index in [0.29, 0.717) is 0 Å². The summed E-state index contributed by atoms with van der Waals surface area (Å²) in [6.07, 6.45) is 3.10. The monoisotopic (exact) mass is 219 g/mol. The molecule has 1 aliphatic heterocycles. The highest BCUT2D eigenvalue weighted by Gasteiger charge is 2.39. The molecule has 2 nitrogen and oxygen atoms in total. The van der Waals surface area contributed by atoms with Gasteiger partial charge in [0.2, 0.25) is 0 Å². The molecular weight excluding hydrogens is 198 g/mol. The maximum absolute atomic E-state index is 10.0. The van der Waals surface area contributed by atoms with E-state index in [2.05, 4.69) is 36.1 Å². The Bertz CT molecular complexity index is 317. The van der Waals surface area contributed by atoms with Crippen LogP contribution in [0, 0.1) is 0 Å². The normalized spacial score (nSPS) is 19.4. The lowest BCUT2D eigenvalue weighted by Crippen LogP contribution is -2.61. The molecule has 1 fully saturated rings. The van der Waals surface area contributed by atoms with Gasteiger partial charge in [-0.1, -0.05) is 43.7 Å². The number of β-amino-alcohol motifs (C(OH)–C–C–N with tert-alkyl or cyclic N) is 1. The van der Waals surface area contributed by atoms with Crippen LogP contribution >= 0.6 is 0 Å². The molecule has 0 spiro atoms. The van der Waals surface area contributed by atoms with Crippen molar-refractivity contribution in [2.24, 2.45) is 0 Å². The Hall–Kier alpha value is -0.860. The smallest absolute Gasteiger partial charge is 0.0900 e. The number of aliphatic hydroxyl groups is 1. The predicted molar refractivity (Wildman–Crippen MR) is 66.4 cm³/mol. The van der Waals surface area contributed by atoms with E-state index < -0.39 is 0 Å². The first-order valence-corrected chi connectivity index (χ1v) is 6.20. The van der Waals surface area contributed by atoms with Gasteiger partial charge in [-0.2, -0.15) is 0 Å². The standard InChI is InChI=1S/C14H21NO/c1-2-9-14(16)11-15(12-14)10-8-13-6-4-3-5-7-13/h3-7,16H,2,8-12H2,1H3. The molecule has 1 N–H and O–H groups in total. The molecule has 2 heteroatoms. The lowest BCUT2D eigenvalue weighted by Gasteiger charge is -2.46. The van der Waals surface area contributed by atoms with Gasteiger partial charge in [0.05, 0.1) is 5.60 Å². The predicted octanol–water partition coefficient (Wildman–Crippen LogP) is 2.08. The molecule has 88 valence electrons. The summed E-state index contributed by atoms with van der Waals surface area (Å²) < 4.78 is 0. The molecule has 0 aromatic heterocycles. The van der Waals surface area contributed by atoms with Gasteiger partial charge in [-0.05, 0) is 18.4 Å². The van der Waals surface area contributed by atoms with Crippen molar-refractivity contribution in [3.63, 3.8) is 0 Å². The lowest BCUT2D eigenvalue weighted by molar-refractivity contribution is -0.102. The minimum absolute atomic E-state index is 0.383. The zero-order chi connectivity index (χ0) is 11.4. The second kappa shape index (κ2) is 4.98. The fraction of sp³-hybridized carbons (Fsp3) is 0.571. The van der Waals surface area contributed by atoms with Crippen LogP contribution in [0.5, 0.6) is 0 Å². The minimum atomic E-state index is -0.383. The summed E-state index contributed by atoms with van der Waals surface area (Å²) >= 11 is 0. The second-order valence-corrected chi connectivity index (χ2v) is 4.92. The van der Waals surface area contributed by atoms with Crippen LogP contribution in [-0.2, 0) is 6.42 Å². The molecule has 16 heavy (non-hydrogen) atoms. The van der Waals surface area contributed by atoms with Gasteiger partial charge in [-0.15, -0.1) is 0 Å². The minimum Gasteiger partial charge on any atom is -0.387 e. The Morgan fingerprint density at radius 3 is 2.56 bits per heavy atom. The molecule has 0 atom stereocenters. The van der Waals surface area contributed by atoms with Crippen LogP contribution in [0.25, 0.3) is 0 Å². The van der Waals surface area contributed by atoms with Crippen LogP contribution in [0.3, 0.4) is 0 Å². The van der Waals surface area contributed by atoms with Gasteiger partial charge in [0.1, 0.15) is 0 Å². The van der Waals surface area contributed by atoms with E-state index in [1.54, 1.807) is 0 Å². The van der Waals surface area contributed by atoms with Crippen molar-refractivity contribution >= 4 is 0 Å². The summed E-state index contributed by atoms with van der Waals surface area (Å²) in [7, 11) is 0. The lowest BCUT2D eigenvalue weighted by atomic mass is 9.89. The Morgan fingerprint density at radius 2 is 1.94 bits per heavy atom. The van der Waals surface area contributed by atoms with Gasteiger partial charge in [0, 0.05) is 19.6 Å². The van der Waals surface area contributed by atoms with E-state index in [9.17, 15) is 5.11 Å². The second-order valence-electron chi connectivity index (χ2n) is 4.92. The largest absolute Gasteiger partial charge is 0.387 e. The van der Waals surface area contributed by atoms with Crippen molar-refractivity contribution in [1.82, 2.24) is 4.90 Å². The number of hydrogen-bond acceptors (Lipinski definition) is 2. The maximum Gasteiger partial charge on any atom is 0.0900 e. The summed E-state index contributed by atoms with van der Waals surface area (Å²) in [5, 5.41) is 10.0. The van der Waals surface area contributed by atoms with Gasteiger partial charge < -0.3 is 5.11 Å². The molecule has 2 rings (SSSR count). The number of likely N-dealkylation sites (tertiary alicyclic amines) is 1. The van der Waals surface area contributed by atoms with Crippen molar-refractivity contribution in [1.29, 1.82) is 0 Å². The first-order chi connectivity index (χ1) is 7.72. The maximum atomic E-state index is 10.0. The van der Waals surface area contributed by atoms with E-state index in [4.69, 9.17) is 0 Å². The summed E-state index contributed by atoms with van der Waals surface area (Å²) in [6.45, 7) is 4.90. The number of hydrogen-bond donors (Lipinski definition) is 1. The first-order valence-electron chi connectivity index (χ1n) is 6.20. The van der Waals surface area contributed by atoms with Crippen LogP contribution in [-0.4, -0.2) is 35.2 Å². The van der Waals surface area contributed by atoms with Crippen LogP contribution in [0.2, 0.25) is 0 Å². The molecule has 1 heterocycles. The van der Waals surface area contributed by atoms with Crippen LogP contribution in [0.1, 0.15) is 25.3 Å². The molecule has 0 amide bonds. The third-order valence-electron chi connectivity index (χ3n) is 3.31. The molecule has 0 radical (unpaired) electrons. The average Bonchev–Trinajstić information content (AvgIpc) is 2.25. The number of nitrogens with zero attached hydrogens (tertiary/aromatic N) is 1. The van der Waals surface area contributed by atoms with E-state index in [1.165, 1.54) is 5.56 Å². The van der Waals surface area contributed by atoms with E-state index in [-0.39, 0.29) is 5.60 Å². The SMILES string of the molecule is CCCC1(O)CN(CCc2ccccc2)C1. The van der Waals surface area contributed by atoms with Gasteiger partial charge in [-0.25, -0.2) is 0 Å². The van der Waals surface area contributed by atoms with Crippen LogP contribution in [0.15, 0.2) is 30.3 Å². The molecule has 1 saturated heterocycles. The van der Waals surface area contributed by atoms with E-state index in [1.807, 2.05) is 6.07 Å². The quantitative estimate of drug-likeness (QED) is 0.819. The first kappa shape index (κ1) is 11.6. The Balaban J connectivity index is 1.70. The van der Waals surface area contributed by atoms with Crippen molar-refractivity contribution in [2.75, 3.05) is 19.6 Å². The topological polar surface area (TPSA) is 23.5 Å². The summed E-state index contributed by atoms with van der Waals surface area (Å²) in [6, 6.07) is 10.5. The van der Waals surface area contributed by atoms with Crippen LogP contribution in [0.4, 0.5) is 0 Å². The average molecular weight is 219 g/mol. The molecule has 1 aliphatic rings. The molecule has 0 bridgehead atoms. The molecular formula is C14H21NO. The third kappa shape index (κ3) is 2.83. The molecule has 0 saturated carbocycles. The number of benzene rings is 1. The summed E-state index contributed by atoms with van der Waals surface area (Å²) in [5.74, 6) is 0. The zero-order valence-corrected chi connectivity index (χ0v) is 10.0. The summed E-state index contributed by atoms with van der Waals surface area (Å²) in [4.78, 5) is 2.34. The van der Waals surface area contributed by atoms with Crippen molar-refractivity contribution in [3.05, 3.63) is 35.9 Å². The van der Waals surface area contributed by atoms with Crippen molar-refractivity contribution in [2.45, 2.75) is 31.8 Å². The van der Waals surface area contributed by atoms with Crippen molar-refractivity contribution in [3.8, 4) is 0 Å². The third-order valence-corrected chi connectivity index (χ3v) is 3.31. The number of rotatable bonds is 5. The fourth-order valence-corrected chi connectivity index (χ4v) is 2.50. The van der Waals surface area contributed by atoms with Gasteiger partial charge in [0.25, 0.3) is 0 Å². The van der Waals surface area contributed by atoms with E-state index in [0.717, 1.165) is 38.9 Å². The molecule has 1 aromatic carbocycles.